The zero-order valence-electron chi connectivity index (χ0n) is 7.61. The lowest BCUT2D eigenvalue weighted by Crippen LogP contribution is -2.03. The van der Waals surface area contributed by atoms with Crippen molar-refractivity contribution in [2.45, 2.75) is 18.9 Å². The third kappa shape index (κ3) is 2.52. The molecule has 0 unspecified atom stereocenters. The molecule has 0 aliphatic heterocycles. The summed E-state index contributed by atoms with van der Waals surface area (Å²) in [5, 5.41) is -0.288. The highest BCUT2D eigenvalue weighted by Crippen LogP contribution is 2.15. The van der Waals surface area contributed by atoms with Crippen molar-refractivity contribution in [3.05, 3.63) is 23.4 Å². The molecule has 0 atom stereocenters. The lowest BCUT2D eigenvalue weighted by atomic mass is 10.2. The number of carbonyl (C=O) groups excluding carboxylic acids is 1. The van der Waals surface area contributed by atoms with Crippen molar-refractivity contribution in [1.29, 1.82) is 0 Å². The van der Waals surface area contributed by atoms with Crippen LogP contribution in [0.25, 0.3) is 0 Å². The third-order valence-electron chi connectivity index (χ3n) is 1.56. The fraction of sp³-hybridized carbons (Fsp3) is 0.250. The summed E-state index contributed by atoms with van der Waals surface area (Å²) in [6.45, 7) is 2.98. The Labute approximate surface area is 86.3 Å². The average Bonchev–Trinajstić information content (AvgIpc) is 2.01. The minimum absolute atomic E-state index is 0.101. The minimum atomic E-state index is -3.87. The first-order valence-corrected chi connectivity index (χ1v) is 6.06. The van der Waals surface area contributed by atoms with Gasteiger partial charge in [-0.15, -0.1) is 0 Å². The summed E-state index contributed by atoms with van der Waals surface area (Å²) in [7, 11) is 1.23. The van der Waals surface area contributed by atoms with E-state index in [1.54, 1.807) is 6.92 Å². The summed E-state index contributed by atoms with van der Waals surface area (Å²) in [6.07, 6.45) is 0. The van der Waals surface area contributed by atoms with Crippen LogP contribution in [0.5, 0.6) is 0 Å². The standard InChI is InChI=1S/C8H8ClNO3S/c1-5-3-7(6(2)11)10-8(4-5)14(9,12)13/h3-4H,1-2H3. The maximum atomic E-state index is 11.0. The predicted molar refractivity (Wildman–Crippen MR) is 52.0 cm³/mol. The lowest BCUT2D eigenvalue weighted by Gasteiger charge is -2.00. The fourth-order valence-electron chi connectivity index (χ4n) is 0.941. The van der Waals surface area contributed by atoms with Gasteiger partial charge >= 0.3 is 0 Å². The van der Waals surface area contributed by atoms with Gasteiger partial charge in [0, 0.05) is 17.6 Å². The van der Waals surface area contributed by atoms with Crippen LogP contribution in [0.15, 0.2) is 17.2 Å². The highest BCUT2D eigenvalue weighted by atomic mass is 35.7. The lowest BCUT2D eigenvalue weighted by molar-refractivity contribution is 0.101. The molecule has 0 aromatic carbocycles. The Morgan fingerprint density at radius 3 is 2.43 bits per heavy atom. The van der Waals surface area contributed by atoms with Crippen LogP contribution in [-0.2, 0) is 9.05 Å². The van der Waals surface area contributed by atoms with Crippen molar-refractivity contribution in [2.75, 3.05) is 0 Å². The molecule has 1 rings (SSSR count). The molecule has 0 N–H and O–H groups in total. The first-order chi connectivity index (χ1) is 6.30. The number of nitrogens with zero attached hydrogens (tertiary/aromatic N) is 1. The third-order valence-corrected chi connectivity index (χ3v) is 2.74. The van der Waals surface area contributed by atoms with Crippen LogP contribution in [-0.4, -0.2) is 19.2 Å². The van der Waals surface area contributed by atoms with Crippen molar-refractivity contribution in [2.24, 2.45) is 0 Å². The zero-order valence-corrected chi connectivity index (χ0v) is 9.19. The molecule has 0 aliphatic carbocycles. The normalized spacial score (nSPS) is 11.4. The number of aromatic nitrogens is 1. The Balaban J connectivity index is 3.43. The van der Waals surface area contributed by atoms with E-state index in [0.717, 1.165) is 0 Å². The molecule has 0 fully saturated rings. The summed E-state index contributed by atoms with van der Waals surface area (Å²) in [4.78, 5) is 14.6. The molecular weight excluding hydrogens is 226 g/mol. The second-order valence-corrected chi connectivity index (χ2v) is 5.37. The number of halogens is 1. The fourth-order valence-corrected chi connectivity index (χ4v) is 1.71. The van der Waals surface area contributed by atoms with Gasteiger partial charge in [-0.2, -0.15) is 0 Å². The van der Waals surface area contributed by atoms with Gasteiger partial charge in [-0.1, -0.05) is 0 Å². The molecule has 0 bridgehead atoms. The first-order valence-electron chi connectivity index (χ1n) is 3.75. The largest absolute Gasteiger partial charge is 0.293 e. The molecule has 0 saturated carbocycles. The van der Waals surface area contributed by atoms with Gasteiger partial charge in [-0.25, -0.2) is 13.4 Å². The smallest absolute Gasteiger partial charge is 0.278 e. The Hall–Kier alpha value is -0.940. The molecule has 0 saturated heterocycles. The van der Waals surface area contributed by atoms with E-state index in [4.69, 9.17) is 10.7 Å². The summed E-state index contributed by atoms with van der Waals surface area (Å²) in [5.41, 5.74) is 0.730. The van der Waals surface area contributed by atoms with Crippen LogP contribution in [0, 0.1) is 6.92 Å². The van der Waals surface area contributed by atoms with Crippen LogP contribution < -0.4 is 0 Å². The molecule has 1 aromatic rings. The van der Waals surface area contributed by atoms with E-state index in [2.05, 4.69) is 4.98 Å². The molecule has 6 heteroatoms. The molecule has 0 radical (unpaired) electrons. The first kappa shape index (κ1) is 11.1. The molecule has 0 amide bonds. The molecule has 76 valence electrons. The Bertz CT molecular complexity index is 481. The quantitative estimate of drug-likeness (QED) is 0.574. The summed E-state index contributed by atoms with van der Waals surface area (Å²) >= 11 is 0. The topological polar surface area (TPSA) is 64.1 Å². The van der Waals surface area contributed by atoms with Crippen molar-refractivity contribution in [3.8, 4) is 0 Å². The van der Waals surface area contributed by atoms with E-state index < -0.39 is 9.05 Å². The van der Waals surface area contributed by atoms with E-state index >= 15 is 0 Å². The second-order valence-electron chi connectivity index (χ2n) is 2.86. The number of carbonyl (C=O) groups is 1. The predicted octanol–water partition coefficient (Wildman–Crippen LogP) is 1.52. The molecule has 1 aromatic heterocycles. The monoisotopic (exact) mass is 233 g/mol. The van der Waals surface area contributed by atoms with Crippen molar-refractivity contribution in [3.63, 3.8) is 0 Å². The molecule has 14 heavy (non-hydrogen) atoms. The van der Waals surface area contributed by atoms with Crippen LogP contribution in [0.2, 0.25) is 0 Å². The van der Waals surface area contributed by atoms with Crippen molar-refractivity contribution >= 4 is 25.5 Å². The number of ketones is 1. The number of Topliss-reactive ketones (excluding diaryl/α,β-unsaturated/α-hetero) is 1. The van der Waals surface area contributed by atoms with Gasteiger partial charge in [-0.3, -0.25) is 4.79 Å². The van der Waals surface area contributed by atoms with Crippen LogP contribution in [0.1, 0.15) is 23.0 Å². The van der Waals surface area contributed by atoms with Crippen LogP contribution in [0.3, 0.4) is 0 Å². The molecule has 1 heterocycles. The van der Waals surface area contributed by atoms with E-state index in [1.807, 2.05) is 0 Å². The van der Waals surface area contributed by atoms with E-state index in [9.17, 15) is 13.2 Å². The Kier molecular flexibility index (Phi) is 2.92. The summed E-state index contributed by atoms with van der Waals surface area (Å²) in [5.74, 6) is -0.296. The zero-order chi connectivity index (χ0) is 10.9. The van der Waals surface area contributed by atoms with E-state index in [0.29, 0.717) is 5.56 Å². The highest BCUT2D eigenvalue weighted by molar-refractivity contribution is 8.13. The number of hydrogen-bond donors (Lipinski definition) is 0. The van der Waals surface area contributed by atoms with Gasteiger partial charge < -0.3 is 0 Å². The van der Waals surface area contributed by atoms with Gasteiger partial charge in [0.05, 0.1) is 0 Å². The molecule has 4 nitrogen and oxygen atoms in total. The number of rotatable bonds is 2. The van der Waals surface area contributed by atoms with Crippen LogP contribution in [0.4, 0.5) is 0 Å². The number of aryl methyl sites for hydroxylation is 1. The maximum absolute atomic E-state index is 11.0. The number of hydrogen-bond acceptors (Lipinski definition) is 4. The van der Waals surface area contributed by atoms with Gasteiger partial charge in [0.25, 0.3) is 9.05 Å². The number of pyridine rings is 1. The van der Waals surface area contributed by atoms with Crippen LogP contribution >= 0.6 is 10.7 Å². The van der Waals surface area contributed by atoms with Gasteiger partial charge in [0.1, 0.15) is 5.69 Å². The van der Waals surface area contributed by atoms with E-state index in [-0.39, 0.29) is 16.5 Å². The summed E-state index contributed by atoms with van der Waals surface area (Å²) in [6, 6.07) is 2.82. The van der Waals surface area contributed by atoms with Gasteiger partial charge in [0.15, 0.2) is 10.8 Å². The van der Waals surface area contributed by atoms with Crippen molar-refractivity contribution < 1.29 is 13.2 Å². The van der Waals surface area contributed by atoms with Gasteiger partial charge in [-0.05, 0) is 24.6 Å². The molecular formula is C8H8ClNO3S. The van der Waals surface area contributed by atoms with E-state index in [1.165, 1.54) is 19.1 Å². The SMILES string of the molecule is CC(=O)c1cc(C)cc(S(=O)(=O)Cl)n1. The Morgan fingerprint density at radius 2 is 2.00 bits per heavy atom. The second kappa shape index (κ2) is 3.67. The summed E-state index contributed by atoms with van der Waals surface area (Å²) < 4.78 is 21.9. The Morgan fingerprint density at radius 1 is 1.43 bits per heavy atom. The average molecular weight is 234 g/mol. The van der Waals surface area contributed by atoms with Gasteiger partial charge in [0.2, 0.25) is 0 Å². The minimum Gasteiger partial charge on any atom is -0.293 e. The highest BCUT2D eigenvalue weighted by Gasteiger charge is 2.14. The maximum Gasteiger partial charge on any atom is 0.278 e. The molecule has 0 aliphatic rings. The molecule has 0 spiro atoms. The van der Waals surface area contributed by atoms with Crippen molar-refractivity contribution in [1.82, 2.24) is 4.98 Å².